The predicted molar refractivity (Wildman–Crippen MR) is 87.8 cm³/mol. The molecule has 0 heterocycles. The topological polar surface area (TPSA) is 124 Å². The Morgan fingerprint density at radius 1 is 1.19 bits per heavy atom. The zero-order valence-electron chi connectivity index (χ0n) is 13.1. The molecule has 0 saturated heterocycles. The van der Waals surface area contributed by atoms with E-state index in [1.165, 1.54) is 0 Å². The van der Waals surface area contributed by atoms with Crippen LogP contribution in [0.3, 0.4) is 0 Å². The Bertz CT molecular complexity index is 955. The summed E-state index contributed by atoms with van der Waals surface area (Å²) in [5.41, 5.74) is -5.04. The molecule has 0 fully saturated rings. The van der Waals surface area contributed by atoms with Crippen LogP contribution in [-0.2, 0) is 21.0 Å². The van der Waals surface area contributed by atoms with Gasteiger partial charge in [-0.1, -0.05) is 18.2 Å². The van der Waals surface area contributed by atoms with E-state index >= 15 is 0 Å². The van der Waals surface area contributed by atoms with Crippen molar-refractivity contribution in [1.29, 1.82) is 5.26 Å². The third-order valence-corrected chi connectivity index (χ3v) is 5.23. The molecule has 0 aliphatic heterocycles. The number of nitro groups is 1. The van der Waals surface area contributed by atoms with Gasteiger partial charge in [0.15, 0.2) is 15.0 Å². The average molecular weight is 408 g/mol. The van der Waals surface area contributed by atoms with Crippen molar-refractivity contribution in [2.45, 2.75) is 10.4 Å². The predicted octanol–water partition coefficient (Wildman–Crippen LogP) is 2.60. The minimum Gasteiger partial charge on any atom is -0.741 e. The highest BCUT2D eigenvalue weighted by molar-refractivity contribution is 7.96. The minimum absolute atomic E-state index is 0.0735. The molecule has 0 amide bonds. The lowest BCUT2D eigenvalue weighted by molar-refractivity contribution is -0.457. The first-order valence-corrected chi connectivity index (χ1v) is 9.78. The Balaban J connectivity index is 0.000000359. The van der Waals surface area contributed by atoms with Crippen molar-refractivity contribution < 1.29 is 31.1 Å². The molecule has 12 heteroatoms. The second-order valence-electron chi connectivity index (χ2n) is 4.77. The van der Waals surface area contributed by atoms with Crippen LogP contribution < -0.4 is 0 Å². The van der Waals surface area contributed by atoms with E-state index in [0.717, 1.165) is 15.7 Å². The Morgan fingerprint density at radius 2 is 1.69 bits per heavy atom. The van der Waals surface area contributed by atoms with Gasteiger partial charge in [0.05, 0.1) is 27.5 Å². The summed E-state index contributed by atoms with van der Waals surface area (Å²) in [7, 11) is -6.55. The van der Waals surface area contributed by atoms with Gasteiger partial charge in [0, 0.05) is 10.8 Å². The number of fused-ring (bicyclic) bond motifs is 1. The van der Waals surface area contributed by atoms with Crippen molar-refractivity contribution in [1.82, 2.24) is 0 Å². The first-order valence-electron chi connectivity index (χ1n) is 6.57. The van der Waals surface area contributed by atoms with Crippen molar-refractivity contribution in [2.75, 3.05) is 12.1 Å². The number of nitrogens with zero attached hydrogens (tertiary/aromatic N) is 2. The number of rotatable bonds is 3. The molecule has 140 valence electrons. The van der Waals surface area contributed by atoms with E-state index in [1.807, 2.05) is 36.6 Å². The molecule has 2 aromatic carbocycles. The molecule has 7 nitrogen and oxygen atoms in total. The monoisotopic (exact) mass is 408 g/mol. The standard InChI is InChI=1S/C13H11N2O2S.CHF3O3S/c1-18(9-15(16)17)13-7-6-10(8-14)11-4-2-3-5-12(11)13;2-1(3,4)8(5,6)7/h2-7H,9H2,1H3;(H,5,6,7)/q+1;/p-1. The molecule has 0 spiro atoms. The Hall–Kier alpha value is -2.36. The molecule has 0 N–H and O–H groups in total. The first kappa shape index (κ1) is 21.7. The molecule has 0 radical (unpaired) electrons. The number of alkyl halides is 3. The van der Waals surface area contributed by atoms with Gasteiger partial charge in [0.25, 0.3) is 0 Å². The van der Waals surface area contributed by atoms with Gasteiger partial charge < -0.3 is 4.55 Å². The van der Waals surface area contributed by atoms with Gasteiger partial charge in [-0.15, -0.1) is 0 Å². The van der Waals surface area contributed by atoms with Gasteiger partial charge in [0.2, 0.25) is 0 Å². The minimum atomic E-state index is -6.09. The third-order valence-electron chi connectivity index (χ3n) is 2.96. The largest absolute Gasteiger partial charge is 0.741 e. The zero-order chi connectivity index (χ0) is 20.1. The van der Waals surface area contributed by atoms with Crippen molar-refractivity contribution in [3.8, 4) is 6.07 Å². The summed E-state index contributed by atoms with van der Waals surface area (Å²) in [4.78, 5) is 11.3. The van der Waals surface area contributed by atoms with Crippen LogP contribution in [0.2, 0.25) is 0 Å². The number of benzene rings is 2. The molecular formula is C14H11F3N2O5S2. The van der Waals surface area contributed by atoms with Crippen LogP contribution in [0.4, 0.5) is 13.2 Å². The molecule has 2 aromatic rings. The Kier molecular flexibility index (Phi) is 6.96. The van der Waals surface area contributed by atoms with Gasteiger partial charge in [-0.2, -0.15) is 18.4 Å². The summed E-state index contributed by atoms with van der Waals surface area (Å²) in [5.74, 6) is -0.0735. The maximum absolute atomic E-state index is 10.7. The highest BCUT2D eigenvalue weighted by atomic mass is 32.2. The fourth-order valence-corrected chi connectivity index (χ4v) is 3.21. The molecule has 0 aliphatic rings. The van der Waals surface area contributed by atoms with E-state index < -0.39 is 26.5 Å². The summed E-state index contributed by atoms with van der Waals surface area (Å²) in [6, 6.07) is 13.3. The Morgan fingerprint density at radius 3 is 2.12 bits per heavy atom. The summed E-state index contributed by atoms with van der Waals surface area (Å²) in [6.45, 7) is 0. The van der Waals surface area contributed by atoms with E-state index in [4.69, 9.17) is 18.2 Å². The number of hydrogen-bond acceptors (Lipinski definition) is 6. The summed E-state index contributed by atoms with van der Waals surface area (Å²) in [5, 5.41) is 21.5. The van der Waals surface area contributed by atoms with Crippen molar-refractivity contribution in [3.63, 3.8) is 0 Å². The lowest BCUT2D eigenvalue weighted by Gasteiger charge is -2.08. The highest BCUT2D eigenvalue weighted by Crippen LogP contribution is 2.26. The Labute approximate surface area is 149 Å². The van der Waals surface area contributed by atoms with Crippen molar-refractivity contribution >= 4 is 31.8 Å². The van der Waals surface area contributed by atoms with E-state index in [9.17, 15) is 23.3 Å². The second-order valence-corrected chi connectivity index (χ2v) is 8.11. The smallest absolute Gasteiger partial charge is 0.485 e. The zero-order valence-corrected chi connectivity index (χ0v) is 14.7. The number of halogens is 3. The maximum atomic E-state index is 10.7. The van der Waals surface area contributed by atoms with E-state index in [2.05, 4.69) is 6.07 Å². The van der Waals surface area contributed by atoms with Crippen LogP contribution in [0.25, 0.3) is 10.8 Å². The molecule has 0 saturated carbocycles. The number of nitriles is 1. The second kappa shape index (κ2) is 8.35. The van der Waals surface area contributed by atoms with Gasteiger partial charge in [-0.05, 0) is 18.2 Å². The van der Waals surface area contributed by atoms with Crippen molar-refractivity contribution in [2.24, 2.45) is 0 Å². The SMILES string of the molecule is C[S+](C[N+](=O)[O-])c1ccc(C#N)c2ccccc12.O=S(=O)([O-])C(F)(F)F. The van der Waals surface area contributed by atoms with Crippen LogP contribution >= 0.6 is 0 Å². The first-order chi connectivity index (χ1) is 11.9. The van der Waals surface area contributed by atoms with Crippen LogP contribution in [0, 0.1) is 21.4 Å². The number of hydrogen-bond donors (Lipinski definition) is 0. The van der Waals surface area contributed by atoms with Crippen LogP contribution in [-0.4, -0.2) is 35.5 Å². The van der Waals surface area contributed by atoms with E-state index in [-0.39, 0.29) is 10.8 Å². The quantitative estimate of drug-likeness (QED) is 0.253. The van der Waals surface area contributed by atoms with E-state index in [0.29, 0.717) is 5.56 Å². The lowest BCUT2D eigenvalue weighted by Crippen LogP contribution is -2.21. The van der Waals surface area contributed by atoms with Crippen LogP contribution in [0.5, 0.6) is 0 Å². The molecule has 0 aliphatic carbocycles. The summed E-state index contributed by atoms with van der Waals surface area (Å²) >= 11 is 0. The normalized spacial score (nSPS) is 12.6. The van der Waals surface area contributed by atoms with Gasteiger partial charge in [-0.3, -0.25) is 10.1 Å². The van der Waals surface area contributed by atoms with Gasteiger partial charge in [0.1, 0.15) is 6.26 Å². The lowest BCUT2D eigenvalue weighted by atomic mass is 10.1. The summed E-state index contributed by atoms with van der Waals surface area (Å²) in [6.07, 6.45) is 1.86. The molecule has 1 atom stereocenters. The van der Waals surface area contributed by atoms with Gasteiger partial charge >= 0.3 is 11.4 Å². The maximum Gasteiger partial charge on any atom is 0.485 e. The van der Waals surface area contributed by atoms with Crippen LogP contribution in [0.1, 0.15) is 5.56 Å². The summed E-state index contributed by atoms with van der Waals surface area (Å²) < 4.78 is 58.9. The molecule has 26 heavy (non-hydrogen) atoms. The molecule has 0 aromatic heterocycles. The fraction of sp³-hybridized carbons (Fsp3) is 0.214. The third kappa shape index (κ3) is 5.58. The fourth-order valence-electron chi connectivity index (χ4n) is 1.90. The molecule has 2 rings (SSSR count). The van der Waals surface area contributed by atoms with E-state index in [1.54, 1.807) is 6.07 Å². The highest BCUT2D eigenvalue weighted by Gasteiger charge is 2.36. The molecule has 0 bridgehead atoms. The van der Waals surface area contributed by atoms with Crippen molar-refractivity contribution in [3.05, 3.63) is 52.1 Å². The van der Waals surface area contributed by atoms with Gasteiger partial charge in [-0.25, -0.2) is 8.42 Å². The van der Waals surface area contributed by atoms with Crippen LogP contribution in [0.15, 0.2) is 41.3 Å². The molecule has 1 unspecified atom stereocenters. The average Bonchev–Trinajstić information content (AvgIpc) is 2.51. The molecular weight excluding hydrogens is 397 g/mol.